The number of rotatable bonds is 17. The number of amides is 1. The Labute approximate surface area is 292 Å². The number of piperazine rings is 1. The first-order chi connectivity index (χ1) is 23.2. The number of unbranched alkanes of at least 4 members (excludes halogenated alkanes) is 8. The zero-order chi connectivity index (χ0) is 34.6. The Morgan fingerprint density at radius 3 is 2.23 bits per heavy atom. The number of carboxylic acids is 1. The van der Waals surface area contributed by atoms with Gasteiger partial charge in [-0.05, 0) is 50.0 Å². The minimum absolute atomic E-state index is 0.0726. The third-order valence-electron chi connectivity index (χ3n) is 9.03. The minimum atomic E-state index is -0.740. The predicted octanol–water partition coefficient (Wildman–Crippen LogP) is 7.09. The van der Waals surface area contributed by atoms with Gasteiger partial charge in [0.2, 0.25) is 0 Å². The highest BCUT2D eigenvalue weighted by Gasteiger charge is 2.33. The Hall–Kier alpha value is -3.69. The summed E-state index contributed by atoms with van der Waals surface area (Å²) in [5, 5.41) is 18.8. The van der Waals surface area contributed by atoms with Gasteiger partial charge in [0.1, 0.15) is 27.6 Å². The number of anilines is 2. The molecule has 0 radical (unpaired) electrons. The summed E-state index contributed by atoms with van der Waals surface area (Å²) in [7, 11) is 0. The molecule has 3 heterocycles. The number of benzene rings is 1. The number of carbonyl (C=O) groups is 2. The van der Waals surface area contributed by atoms with Gasteiger partial charge in [-0.1, -0.05) is 88.0 Å². The lowest BCUT2D eigenvalue weighted by Crippen LogP contribution is -2.49. The van der Waals surface area contributed by atoms with E-state index in [-0.39, 0.29) is 29.3 Å². The second-order valence-electron chi connectivity index (χ2n) is 12.4. The summed E-state index contributed by atoms with van der Waals surface area (Å²) in [6.07, 6.45) is 11.4. The lowest BCUT2D eigenvalue weighted by molar-refractivity contribution is -0.137. The van der Waals surface area contributed by atoms with Crippen LogP contribution in [0, 0.1) is 24.1 Å². The number of nitrogens with zero attached hydrogens (tertiary/aromatic N) is 5. The molecule has 0 aliphatic carbocycles. The number of para-hydroxylation sites is 1. The Bertz CT molecular complexity index is 1610. The van der Waals surface area contributed by atoms with Crippen molar-refractivity contribution in [1.29, 1.82) is 5.26 Å². The normalized spacial score (nSPS) is 15.9. The molecule has 4 rings (SSSR count). The van der Waals surface area contributed by atoms with Crippen LogP contribution in [0.3, 0.4) is 0 Å². The second kappa shape index (κ2) is 18.2. The third-order valence-corrected chi connectivity index (χ3v) is 10.4. The first kappa shape index (κ1) is 37.1. The van der Waals surface area contributed by atoms with Crippen molar-refractivity contribution in [2.45, 2.75) is 91.0 Å². The van der Waals surface area contributed by atoms with E-state index in [4.69, 9.17) is 17.3 Å². The van der Waals surface area contributed by atoms with E-state index in [1.165, 1.54) is 17.8 Å². The van der Waals surface area contributed by atoms with Crippen molar-refractivity contribution in [3.8, 4) is 6.07 Å². The first-order valence-corrected chi connectivity index (χ1v) is 18.3. The van der Waals surface area contributed by atoms with E-state index in [1.807, 2.05) is 11.0 Å². The van der Waals surface area contributed by atoms with E-state index >= 15 is 0 Å². The predicted molar refractivity (Wildman–Crippen MR) is 195 cm³/mol. The fourth-order valence-corrected chi connectivity index (χ4v) is 7.60. The quantitative estimate of drug-likeness (QED) is 0.105. The average molecular weight is 696 g/mol. The maximum atomic E-state index is 14.6. The molecule has 1 aromatic heterocycles. The smallest absolute Gasteiger partial charge is 0.303 e. The summed E-state index contributed by atoms with van der Waals surface area (Å²) < 4.78 is 16.8. The molecule has 2 aliphatic heterocycles. The van der Waals surface area contributed by atoms with Crippen LogP contribution in [0.5, 0.6) is 0 Å². The Kier molecular flexibility index (Phi) is 14.1. The number of hydrogen-bond donors (Lipinski definition) is 1. The number of thiocarbonyl (C=S) groups is 1. The molecule has 2 aromatic rings. The number of thioether (sulfide) groups is 1. The van der Waals surface area contributed by atoms with E-state index < -0.39 is 5.97 Å². The van der Waals surface area contributed by atoms with Crippen molar-refractivity contribution >= 4 is 57.8 Å². The largest absolute Gasteiger partial charge is 0.481 e. The molecule has 1 amide bonds. The summed E-state index contributed by atoms with van der Waals surface area (Å²) in [6, 6.07) is 8.84. The van der Waals surface area contributed by atoms with E-state index in [9.17, 15) is 24.0 Å². The maximum Gasteiger partial charge on any atom is 0.303 e. The molecule has 0 spiro atoms. The van der Waals surface area contributed by atoms with Crippen LogP contribution in [0.1, 0.15) is 94.2 Å². The lowest BCUT2D eigenvalue weighted by atomic mass is 10.0. The van der Waals surface area contributed by atoms with E-state index in [0.717, 1.165) is 64.2 Å². The van der Waals surface area contributed by atoms with Crippen molar-refractivity contribution in [3.63, 3.8) is 0 Å². The first-order valence-electron chi connectivity index (χ1n) is 17.1. The van der Waals surface area contributed by atoms with Gasteiger partial charge in [0.05, 0.1) is 10.6 Å². The summed E-state index contributed by atoms with van der Waals surface area (Å²) in [5.74, 6) is -0.488. The minimum Gasteiger partial charge on any atom is -0.481 e. The zero-order valence-corrected chi connectivity index (χ0v) is 29.6. The van der Waals surface area contributed by atoms with Crippen LogP contribution < -0.4 is 15.4 Å². The monoisotopic (exact) mass is 695 g/mol. The Morgan fingerprint density at radius 2 is 1.60 bits per heavy atom. The van der Waals surface area contributed by atoms with E-state index in [2.05, 4.69) is 17.9 Å². The third kappa shape index (κ3) is 9.26. The summed E-state index contributed by atoms with van der Waals surface area (Å²) in [5.41, 5.74) is 1.50. The van der Waals surface area contributed by atoms with Gasteiger partial charge in [-0.2, -0.15) is 5.26 Å². The molecule has 2 aliphatic rings. The number of hydrogen-bond acceptors (Lipinski definition) is 8. The highest BCUT2D eigenvalue weighted by atomic mass is 32.2. The second-order valence-corrected chi connectivity index (χ2v) is 14.1. The molecule has 48 heavy (non-hydrogen) atoms. The van der Waals surface area contributed by atoms with Gasteiger partial charge in [-0.25, -0.2) is 4.39 Å². The number of nitriles is 1. The van der Waals surface area contributed by atoms with Gasteiger partial charge in [0.25, 0.3) is 11.5 Å². The van der Waals surface area contributed by atoms with Crippen molar-refractivity contribution in [2.24, 2.45) is 0 Å². The number of aliphatic carboxylic acids is 1. The number of carbonyl (C=O) groups excluding carboxylic acids is 1. The molecule has 1 aromatic carbocycles. The molecule has 1 N–H and O–H groups in total. The molecule has 2 saturated heterocycles. The summed E-state index contributed by atoms with van der Waals surface area (Å²) >= 11 is 6.89. The fraction of sp³-hybridized carbons (Fsp3) is 0.528. The van der Waals surface area contributed by atoms with Crippen LogP contribution in [0.2, 0.25) is 0 Å². The topological polar surface area (TPSA) is 110 Å². The molecule has 0 unspecified atom stereocenters. The maximum absolute atomic E-state index is 14.6. The highest BCUT2D eigenvalue weighted by Crippen LogP contribution is 2.36. The fourth-order valence-electron chi connectivity index (χ4n) is 6.31. The molecular weight excluding hydrogens is 650 g/mol. The van der Waals surface area contributed by atoms with Crippen LogP contribution >= 0.6 is 24.0 Å². The van der Waals surface area contributed by atoms with Gasteiger partial charge < -0.3 is 14.9 Å². The van der Waals surface area contributed by atoms with Gasteiger partial charge in [0.15, 0.2) is 0 Å². The van der Waals surface area contributed by atoms with E-state index in [1.54, 1.807) is 34.6 Å². The summed E-state index contributed by atoms with van der Waals surface area (Å²) in [6.45, 7) is 6.96. The van der Waals surface area contributed by atoms with Gasteiger partial charge in [-0.3, -0.25) is 23.9 Å². The molecule has 0 atom stereocenters. The summed E-state index contributed by atoms with van der Waals surface area (Å²) in [4.78, 5) is 44.2. The Morgan fingerprint density at radius 1 is 0.979 bits per heavy atom. The molecular formula is C36H46FN5O4S2. The number of aromatic nitrogens is 1. The number of halogens is 1. The van der Waals surface area contributed by atoms with Gasteiger partial charge >= 0.3 is 5.97 Å². The molecule has 2 fully saturated rings. The van der Waals surface area contributed by atoms with Crippen LogP contribution in [0.15, 0.2) is 34.0 Å². The SMILES string of the molecule is CCCCn1c(N2CCN(c3ccccc3F)CC2)c(/C=C2/SC(=S)N(CCCCCCCCCCC(=O)O)C2=O)c(C)c(C#N)c1=O. The van der Waals surface area contributed by atoms with Crippen LogP contribution in [-0.2, 0) is 16.1 Å². The molecule has 9 nitrogen and oxygen atoms in total. The molecule has 258 valence electrons. The molecule has 0 saturated carbocycles. The van der Waals surface area contributed by atoms with Crippen LogP contribution in [-0.4, -0.2) is 63.5 Å². The van der Waals surface area contributed by atoms with Crippen molar-refractivity contribution < 1.29 is 19.1 Å². The van der Waals surface area contributed by atoms with E-state index in [0.29, 0.717) is 71.1 Å². The lowest BCUT2D eigenvalue weighted by Gasteiger charge is -2.39. The van der Waals surface area contributed by atoms with Crippen LogP contribution in [0.4, 0.5) is 15.9 Å². The average Bonchev–Trinajstić information content (AvgIpc) is 3.34. The van der Waals surface area contributed by atoms with Crippen molar-refractivity contribution in [3.05, 3.63) is 62.0 Å². The Balaban J connectivity index is 1.51. The van der Waals surface area contributed by atoms with Gasteiger partial charge in [0, 0.05) is 51.3 Å². The molecule has 12 heteroatoms. The number of pyridine rings is 1. The van der Waals surface area contributed by atoms with Crippen molar-refractivity contribution in [1.82, 2.24) is 9.47 Å². The van der Waals surface area contributed by atoms with Crippen LogP contribution in [0.25, 0.3) is 6.08 Å². The standard InChI is InChI=1S/C36H46FN5O4S2/c1-3-4-18-41-33(40-22-20-39(21-23-40)30-16-13-12-15-29(30)37)27(26(2)28(25-38)34(41)45)24-31-35(46)42(36(47)48-31)19-14-10-8-6-5-7-9-11-17-32(43)44/h12-13,15-16,24H,3-11,14,17-23H2,1-2H3,(H,43,44)/b31-24+. The zero-order valence-electron chi connectivity index (χ0n) is 28.0. The van der Waals surface area contributed by atoms with Crippen molar-refractivity contribution in [2.75, 3.05) is 42.5 Å². The molecule has 0 bridgehead atoms. The van der Waals surface area contributed by atoms with Gasteiger partial charge in [-0.15, -0.1) is 0 Å². The number of carboxylic acid groups (broad SMARTS) is 1. The highest BCUT2D eigenvalue weighted by molar-refractivity contribution is 8.26.